The van der Waals surface area contributed by atoms with E-state index in [2.05, 4.69) is 11.2 Å². The average molecular weight is 285 g/mol. The summed E-state index contributed by atoms with van der Waals surface area (Å²) in [4.78, 5) is 14.6. The van der Waals surface area contributed by atoms with Crippen LogP contribution in [0.4, 0.5) is 0 Å². The summed E-state index contributed by atoms with van der Waals surface area (Å²) in [6.07, 6.45) is 5.40. The van der Waals surface area contributed by atoms with E-state index in [1.165, 1.54) is 0 Å². The van der Waals surface area contributed by atoms with Crippen molar-refractivity contribution >= 4 is 5.91 Å². The van der Waals surface area contributed by atoms with E-state index in [4.69, 9.17) is 4.74 Å². The maximum atomic E-state index is 12.6. The lowest BCUT2D eigenvalue weighted by molar-refractivity contribution is 0.0735. The summed E-state index contributed by atoms with van der Waals surface area (Å²) in [5.74, 6) is 0.876. The van der Waals surface area contributed by atoms with Crippen molar-refractivity contribution in [3.8, 4) is 5.75 Å². The number of benzene rings is 1. The minimum absolute atomic E-state index is 0.0495. The zero-order chi connectivity index (χ0) is 14.8. The molecule has 0 aliphatic carbocycles. The molecule has 21 heavy (non-hydrogen) atoms. The van der Waals surface area contributed by atoms with Crippen molar-refractivity contribution in [2.75, 3.05) is 13.7 Å². The smallest absolute Gasteiger partial charge is 0.257 e. The van der Waals surface area contributed by atoms with Crippen molar-refractivity contribution in [3.05, 3.63) is 47.8 Å². The van der Waals surface area contributed by atoms with Gasteiger partial charge in [-0.2, -0.15) is 5.10 Å². The van der Waals surface area contributed by atoms with Crippen LogP contribution in [0.15, 0.2) is 36.7 Å². The zero-order valence-corrected chi connectivity index (χ0v) is 12.3. The number of methoxy groups -OCH3 is 1. The molecule has 1 fully saturated rings. The lowest BCUT2D eigenvalue weighted by atomic mass is 10.0. The van der Waals surface area contributed by atoms with E-state index in [1.54, 1.807) is 24.2 Å². The summed E-state index contributed by atoms with van der Waals surface area (Å²) in [5.41, 5.74) is 1.77. The van der Waals surface area contributed by atoms with Crippen LogP contribution in [0.2, 0.25) is 0 Å². The van der Waals surface area contributed by atoms with Gasteiger partial charge in [0.25, 0.3) is 5.91 Å². The normalized spacial score (nSPS) is 18.0. The first kappa shape index (κ1) is 13.7. The highest BCUT2D eigenvalue weighted by Gasteiger charge is 2.31. The molecule has 1 saturated heterocycles. The third-order valence-corrected chi connectivity index (χ3v) is 3.94. The summed E-state index contributed by atoms with van der Waals surface area (Å²) >= 11 is 0. The lowest BCUT2D eigenvalue weighted by Gasteiger charge is -2.25. The molecule has 5 heteroatoms. The van der Waals surface area contributed by atoms with Crippen LogP contribution in [0.25, 0.3) is 0 Å². The van der Waals surface area contributed by atoms with Gasteiger partial charge in [-0.15, -0.1) is 0 Å². The van der Waals surface area contributed by atoms with E-state index < -0.39 is 0 Å². The standard InChI is InChI=1S/C16H19N3O2/c1-18-11-13(10-17-18)16(20)19-8-4-7-15(19)12-5-3-6-14(9-12)21-2/h3,5-6,9-11,15H,4,7-8H2,1-2H3/t15-/m1/s1. The molecule has 110 valence electrons. The minimum atomic E-state index is 0.0495. The Morgan fingerprint density at radius 3 is 3.00 bits per heavy atom. The number of amides is 1. The highest BCUT2D eigenvalue weighted by Crippen LogP contribution is 2.34. The molecule has 0 bridgehead atoms. The quantitative estimate of drug-likeness (QED) is 0.870. The van der Waals surface area contributed by atoms with Crippen LogP contribution in [0, 0.1) is 0 Å². The highest BCUT2D eigenvalue weighted by atomic mass is 16.5. The number of carbonyl (C=O) groups excluding carboxylic acids is 1. The van der Waals surface area contributed by atoms with Crippen LogP contribution in [-0.4, -0.2) is 34.2 Å². The molecule has 1 atom stereocenters. The first-order valence-corrected chi connectivity index (χ1v) is 7.12. The predicted molar refractivity (Wildman–Crippen MR) is 79.2 cm³/mol. The Hall–Kier alpha value is -2.30. The van der Waals surface area contributed by atoms with Crippen LogP contribution >= 0.6 is 0 Å². The largest absolute Gasteiger partial charge is 0.497 e. The number of ether oxygens (including phenoxy) is 1. The van der Waals surface area contributed by atoms with E-state index in [9.17, 15) is 4.79 Å². The number of carbonyl (C=O) groups is 1. The molecule has 0 radical (unpaired) electrons. The van der Waals surface area contributed by atoms with Crippen molar-refractivity contribution in [3.63, 3.8) is 0 Å². The van der Waals surface area contributed by atoms with Crippen molar-refractivity contribution in [2.24, 2.45) is 7.05 Å². The number of hydrogen-bond acceptors (Lipinski definition) is 3. The van der Waals surface area contributed by atoms with Gasteiger partial charge in [-0.3, -0.25) is 9.48 Å². The third-order valence-electron chi connectivity index (χ3n) is 3.94. The van der Waals surface area contributed by atoms with Gasteiger partial charge in [0.05, 0.1) is 24.9 Å². The number of nitrogens with zero attached hydrogens (tertiary/aromatic N) is 3. The average Bonchev–Trinajstić information content (AvgIpc) is 3.15. The summed E-state index contributed by atoms with van der Waals surface area (Å²) in [5, 5.41) is 4.08. The highest BCUT2D eigenvalue weighted by molar-refractivity contribution is 5.94. The van der Waals surface area contributed by atoms with E-state index in [-0.39, 0.29) is 11.9 Å². The fourth-order valence-corrected chi connectivity index (χ4v) is 2.90. The van der Waals surface area contributed by atoms with Crippen molar-refractivity contribution in [2.45, 2.75) is 18.9 Å². The number of aromatic nitrogens is 2. The second-order valence-electron chi connectivity index (χ2n) is 5.34. The van der Waals surface area contributed by atoms with Gasteiger partial charge < -0.3 is 9.64 Å². The molecule has 1 aliphatic heterocycles. The fraction of sp³-hybridized carbons (Fsp3) is 0.375. The summed E-state index contributed by atoms with van der Waals surface area (Å²) in [6.45, 7) is 0.787. The summed E-state index contributed by atoms with van der Waals surface area (Å²) in [7, 11) is 3.48. The van der Waals surface area contributed by atoms with Gasteiger partial charge in [0.2, 0.25) is 0 Å². The molecule has 1 aliphatic rings. The topological polar surface area (TPSA) is 47.4 Å². The molecule has 0 saturated carbocycles. The molecule has 3 rings (SSSR count). The first-order valence-electron chi connectivity index (χ1n) is 7.12. The second kappa shape index (κ2) is 5.60. The van der Waals surface area contributed by atoms with E-state index in [0.29, 0.717) is 5.56 Å². The second-order valence-corrected chi connectivity index (χ2v) is 5.34. The van der Waals surface area contributed by atoms with Gasteiger partial charge >= 0.3 is 0 Å². The fourth-order valence-electron chi connectivity index (χ4n) is 2.90. The molecule has 1 aromatic heterocycles. The van der Waals surface area contributed by atoms with Crippen LogP contribution in [0.3, 0.4) is 0 Å². The maximum Gasteiger partial charge on any atom is 0.257 e. The van der Waals surface area contributed by atoms with E-state index in [1.807, 2.05) is 30.1 Å². The van der Waals surface area contributed by atoms with Gasteiger partial charge in [-0.25, -0.2) is 0 Å². The number of rotatable bonds is 3. The molecule has 0 spiro atoms. The number of likely N-dealkylation sites (tertiary alicyclic amines) is 1. The van der Waals surface area contributed by atoms with Gasteiger partial charge in [0.1, 0.15) is 5.75 Å². The Labute approximate surface area is 124 Å². The van der Waals surface area contributed by atoms with Crippen molar-refractivity contribution in [1.82, 2.24) is 14.7 Å². The van der Waals surface area contributed by atoms with Gasteiger partial charge in [0, 0.05) is 19.8 Å². The third kappa shape index (κ3) is 2.63. The molecule has 5 nitrogen and oxygen atoms in total. The van der Waals surface area contributed by atoms with Gasteiger partial charge in [-0.05, 0) is 30.5 Å². The van der Waals surface area contributed by atoms with E-state index in [0.717, 1.165) is 30.7 Å². The van der Waals surface area contributed by atoms with Crippen LogP contribution in [0.1, 0.15) is 34.8 Å². The Morgan fingerprint density at radius 2 is 2.29 bits per heavy atom. The molecule has 2 aromatic rings. The molecule has 1 aromatic carbocycles. The Balaban J connectivity index is 1.86. The SMILES string of the molecule is COc1cccc([C@H]2CCCN2C(=O)c2cnn(C)c2)c1. The summed E-state index contributed by atoms with van der Waals surface area (Å²) in [6, 6.07) is 8.08. The summed E-state index contributed by atoms with van der Waals surface area (Å²) < 4.78 is 6.94. The maximum absolute atomic E-state index is 12.6. The van der Waals surface area contributed by atoms with Gasteiger partial charge in [0.15, 0.2) is 0 Å². The van der Waals surface area contributed by atoms with Crippen LogP contribution < -0.4 is 4.74 Å². The first-order chi connectivity index (χ1) is 10.2. The molecule has 0 unspecified atom stereocenters. The van der Waals surface area contributed by atoms with Crippen LogP contribution in [0.5, 0.6) is 5.75 Å². The molecule has 2 heterocycles. The molecule has 1 amide bonds. The predicted octanol–water partition coefficient (Wildman–Crippen LogP) is 2.41. The zero-order valence-electron chi connectivity index (χ0n) is 12.3. The van der Waals surface area contributed by atoms with E-state index >= 15 is 0 Å². The number of hydrogen-bond donors (Lipinski definition) is 0. The number of aryl methyl sites for hydroxylation is 1. The van der Waals surface area contributed by atoms with Crippen molar-refractivity contribution < 1.29 is 9.53 Å². The minimum Gasteiger partial charge on any atom is -0.497 e. The Bertz CT molecular complexity index is 650. The molecular formula is C16H19N3O2. The van der Waals surface area contributed by atoms with Crippen LogP contribution in [-0.2, 0) is 7.05 Å². The van der Waals surface area contributed by atoms with Gasteiger partial charge in [-0.1, -0.05) is 12.1 Å². The van der Waals surface area contributed by atoms with Crippen molar-refractivity contribution in [1.29, 1.82) is 0 Å². The lowest BCUT2D eigenvalue weighted by Crippen LogP contribution is -2.30. The monoisotopic (exact) mass is 285 g/mol. The molecule has 0 N–H and O–H groups in total. The Morgan fingerprint density at radius 1 is 1.43 bits per heavy atom. The Kier molecular flexibility index (Phi) is 3.64. The molecular weight excluding hydrogens is 266 g/mol.